The van der Waals surface area contributed by atoms with Crippen LogP contribution in [0, 0.1) is 11.7 Å². The number of hydrogen-bond acceptors (Lipinski definition) is 3. The van der Waals surface area contributed by atoms with Gasteiger partial charge >= 0.3 is 0 Å². The fourth-order valence-corrected chi connectivity index (χ4v) is 2.97. The summed E-state index contributed by atoms with van der Waals surface area (Å²) in [5, 5.41) is 2.90. The molecule has 5 nitrogen and oxygen atoms in total. The van der Waals surface area contributed by atoms with Crippen LogP contribution >= 0.6 is 0 Å². The number of rotatable bonds is 4. The molecule has 1 aliphatic heterocycles. The Balaban J connectivity index is 1.49. The lowest BCUT2D eigenvalue weighted by Crippen LogP contribution is -2.43. The van der Waals surface area contributed by atoms with E-state index in [1.165, 1.54) is 18.2 Å². The molecule has 0 aliphatic carbocycles. The van der Waals surface area contributed by atoms with Crippen molar-refractivity contribution in [3.05, 3.63) is 65.7 Å². The number of pyridine rings is 1. The zero-order valence-corrected chi connectivity index (χ0v) is 13.8. The van der Waals surface area contributed by atoms with E-state index in [0.717, 1.165) is 5.69 Å². The second-order valence-corrected chi connectivity index (χ2v) is 6.12. The number of likely N-dealkylation sites (tertiary alicyclic amines) is 1. The molecule has 1 N–H and O–H groups in total. The van der Waals surface area contributed by atoms with Gasteiger partial charge in [-0.3, -0.25) is 14.6 Å². The lowest BCUT2D eigenvalue weighted by Gasteiger charge is -2.31. The lowest BCUT2D eigenvalue weighted by atomic mass is 9.95. The van der Waals surface area contributed by atoms with E-state index in [2.05, 4.69) is 10.3 Å². The number of carbonyl (C=O) groups excluding carboxylic acids is 2. The van der Waals surface area contributed by atoms with Gasteiger partial charge in [-0.25, -0.2) is 4.39 Å². The molecule has 1 saturated heterocycles. The van der Waals surface area contributed by atoms with E-state index < -0.39 is 5.82 Å². The number of nitrogens with one attached hydrogen (secondary N) is 1. The molecular weight excluding hydrogens is 321 g/mol. The highest BCUT2D eigenvalue weighted by Crippen LogP contribution is 2.19. The number of aromatic nitrogens is 1. The van der Waals surface area contributed by atoms with Crippen LogP contribution in [0.1, 0.15) is 28.9 Å². The van der Waals surface area contributed by atoms with Gasteiger partial charge in [-0.1, -0.05) is 12.1 Å². The van der Waals surface area contributed by atoms with Crippen molar-refractivity contribution in [3.63, 3.8) is 0 Å². The molecule has 0 spiro atoms. The van der Waals surface area contributed by atoms with E-state index in [1.54, 1.807) is 17.2 Å². The Labute approximate surface area is 145 Å². The minimum atomic E-state index is -0.422. The molecule has 0 saturated carbocycles. The van der Waals surface area contributed by atoms with E-state index in [0.29, 0.717) is 38.0 Å². The molecule has 1 aromatic carbocycles. The molecule has 1 aliphatic rings. The Morgan fingerprint density at radius 1 is 1.16 bits per heavy atom. The number of nitrogens with zero attached hydrogens (tertiary/aromatic N) is 2. The molecule has 0 radical (unpaired) electrons. The van der Waals surface area contributed by atoms with Crippen LogP contribution in [0.3, 0.4) is 0 Å². The van der Waals surface area contributed by atoms with Crippen molar-refractivity contribution in [2.24, 2.45) is 5.92 Å². The van der Waals surface area contributed by atoms with Crippen LogP contribution in [0.2, 0.25) is 0 Å². The molecule has 2 heterocycles. The van der Waals surface area contributed by atoms with Gasteiger partial charge in [0.25, 0.3) is 5.91 Å². The van der Waals surface area contributed by atoms with E-state index in [-0.39, 0.29) is 17.7 Å². The normalized spacial score (nSPS) is 15.0. The predicted octanol–water partition coefficient (Wildman–Crippen LogP) is 2.39. The molecule has 3 rings (SSSR count). The number of halogens is 1. The fraction of sp³-hybridized carbons (Fsp3) is 0.316. The maximum Gasteiger partial charge on any atom is 0.253 e. The SMILES string of the molecule is O=C(NCc1ccccn1)C1CCN(C(=O)c2cccc(F)c2)CC1. The van der Waals surface area contributed by atoms with Crippen molar-refractivity contribution >= 4 is 11.8 Å². The molecule has 1 fully saturated rings. The van der Waals surface area contributed by atoms with Gasteiger partial charge in [0, 0.05) is 30.8 Å². The van der Waals surface area contributed by atoms with Crippen LogP contribution in [-0.2, 0) is 11.3 Å². The Morgan fingerprint density at radius 3 is 2.64 bits per heavy atom. The predicted molar refractivity (Wildman–Crippen MR) is 91.1 cm³/mol. The molecule has 0 bridgehead atoms. The van der Waals surface area contributed by atoms with Gasteiger partial charge in [0.15, 0.2) is 0 Å². The van der Waals surface area contributed by atoms with Crippen LogP contribution in [0.5, 0.6) is 0 Å². The Morgan fingerprint density at radius 2 is 1.96 bits per heavy atom. The molecule has 130 valence electrons. The summed E-state index contributed by atoms with van der Waals surface area (Å²) in [5.74, 6) is -0.731. The number of benzene rings is 1. The van der Waals surface area contributed by atoms with E-state index >= 15 is 0 Å². The summed E-state index contributed by atoms with van der Waals surface area (Å²) in [4.78, 5) is 30.5. The first-order chi connectivity index (χ1) is 12.1. The smallest absolute Gasteiger partial charge is 0.253 e. The van der Waals surface area contributed by atoms with Gasteiger partial charge in [-0.05, 0) is 43.2 Å². The minimum Gasteiger partial charge on any atom is -0.350 e. The standard InChI is InChI=1S/C19H20FN3O2/c20-16-5-3-4-15(12-16)19(25)23-10-7-14(8-11-23)18(24)22-13-17-6-1-2-9-21-17/h1-6,9,12,14H,7-8,10-11,13H2,(H,22,24). The topological polar surface area (TPSA) is 62.3 Å². The third-order valence-electron chi connectivity index (χ3n) is 4.39. The zero-order chi connectivity index (χ0) is 17.6. The summed E-state index contributed by atoms with van der Waals surface area (Å²) in [6.45, 7) is 1.40. The van der Waals surface area contributed by atoms with Crippen molar-refractivity contribution < 1.29 is 14.0 Å². The summed E-state index contributed by atoms with van der Waals surface area (Å²) in [6.07, 6.45) is 2.90. The largest absolute Gasteiger partial charge is 0.350 e. The number of hydrogen-bond donors (Lipinski definition) is 1. The molecule has 1 aromatic heterocycles. The highest BCUT2D eigenvalue weighted by molar-refractivity contribution is 5.94. The van der Waals surface area contributed by atoms with Crippen molar-refractivity contribution in [2.75, 3.05) is 13.1 Å². The average Bonchev–Trinajstić information content (AvgIpc) is 2.66. The molecule has 2 amide bonds. The quantitative estimate of drug-likeness (QED) is 0.929. The molecule has 0 unspecified atom stereocenters. The van der Waals surface area contributed by atoms with Gasteiger partial charge in [0.2, 0.25) is 5.91 Å². The summed E-state index contributed by atoms with van der Waals surface area (Å²) < 4.78 is 13.3. The molecule has 6 heteroatoms. The third-order valence-corrected chi connectivity index (χ3v) is 4.39. The lowest BCUT2D eigenvalue weighted by molar-refractivity contribution is -0.126. The Kier molecular flexibility index (Phi) is 5.38. The van der Waals surface area contributed by atoms with Gasteiger partial charge in [-0.2, -0.15) is 0 Å². The first-order valence-electron chi connectivity index (χ1n) is 8.36. The Bertz CT molecular complexity index is 743. The van der Waals surface area contributed by atoms with Crippen molar-refractivity contribution in [1.29, 1.82) is 0 Å². The third kappa shape index (κ3) is 4.41. The minimum absolute atomic E-state index is 0.0106. The second kappa shape index (κ2) is 7.88. The first kappa shape index (κ1) is 17.1. The molecule has 0 atom stereocenters. The van der Waals surface area contributed by atoms with Crippen molar-refractivity contribution in [3.8, 4) is 0 Å². The summed E-state index contributed by atoms with van der Waals surface area (Å²) in [5.41, 5.74) is 1.16. The van der Waals surface area contributed by atoms with Gasteiger partial charge in [-0.15, -0.1) is 0 Å². The van der Waals surface area contributed by atoms with E-state index in [1.807, 2.05) is 18.2 Å². The summed E-state index contributed by atoms with van der Waals surface area (Å²) in [7, 11) is 0. The van der Waals surface area contributed by atoms with Crippen LogP contribution in [0.4, 0.5) is 4.39 Å². The van der Waals surface area contributed by atoms with E-state index in [4.69, 9.17) is 0 Å². The molecular formula is C19H20FN3O2. The van der Waals surface area contributed by atoms with Crippen LogP contribution in [0.15, 0.2) is 48.7 Å². The second-order valence-electron chi connectivity index (χ2n) is 6.12. The fourth-order valence-electron chi connectivity index (χ4n) is 2.97. The number of carbonyl (C=O) groups is 2. The first-order valence-corrected chi connectivity index (χ1v) is 8.36. The van der Waals surface area contributed by atoms with Crippen LogP contribution in [-0.4, -0.2) is 34.8 Å². The average molecular weight is 341 g/mol. The maximum atomic E-state index is 13.3. The van der Waals surface area contributed by atoms with Crippen LogP contribution < -0.4 is 5.32 Å². The number of piperidine rings is 1. The molecule has 2 aromatic rings. The van der Waals surface area contributed by atoms with E-state index in [9.17, 15) is 14.0 Å². The number of amides is 2. The maximum absolute atomic E-state index is 13.3. The monoisotopic (exact) mass is 341 g/mol. The Hall–Kier alpha value is -2.76. The van der Waals surface area contributed by atoms with Crippen LogP contribution in [0.25, 0.3) is 0 Å². The summed E-state index contributed by atoms with van der Waals surface area (Å²) in [6, 6.07) is 11.3. The van der Waals surface area contributed by atoms with Gasteiger partial charge in [0.05, 0.1) is 12.2 Å². The highest BCUT2D eigenvalue weighted by Gasteiger charge is 2.27. The van der Waals surface area contributed by atoms with Crippen molar-refractivity contribution in [2.45, 2.75) is 19.4 Å². The van der Waals surface area contributed by atoms with Gasteiger partial charge < -0.3 is 10.2 Å². The molecule has 25 heavy (non-hydrogen) atoms. The highest BCUT2D eigenvalue weighted by atomic mass is 19.1. The zero-order valence-electron chi connectivity index (χ0n) is 13.8. The van der Waals surface area contributed by atoms with Gasteiger partial charge in [0.1, 0.15) is 5.82 Å². The van der Waals surface area contributed by atoms with Crippen molar-refractivity contribution in [1.82, 2.24) is 15.2 Å². The summed E-state index contributed by atoms with van der Waals surface area (Å²) >= 11 is 0.